The van der Waals surface area contributed by atoms with E-state index in [2.05, 4.69) is 13.8 Å². The van der Waals surface area contributed by atoms with Crippen molar-refractivity contribution >= 4 is 23.1 Å². The molecular weight excluding hydrogens is 260 g/mol. The molecule has 0 aromatic carbocycles. The highest BCUT2D eigenvalue weighted by Crippen LogP contribution is 2.33. The molecule has 2 saturated heterocycles. The fourth-order valence-corrected chi connectivity index (χ4v) is 3.24. The molecule has 108 valence electrons. The predicted molar refractivity (Wildman–Crippen MR) is 78.8 cm³/mol. The lowest BCUT2D eigenvalue weighted by molar-refractivity contribution is -0.139. The summed E-state index contributed by atoms with van der Waals surface area (Å²) in [5, 5.41) is 0. The highest BCUT2D eigenvalue weighted by Gasteiger charge is 2.39. The molecule has 0 saturated carbocycles. The standard InChI is InChI=1S/C14H24N2O2S/c1-3-11-10(4-9-18-11)12(17)16-7-5-14(2,6-8-16)13(15)19/h10-11H,3-9H2,1-2H3,(H2,15,19). The van der Waals surface area contributed by atoms with Crippen molar-refractivity contribution in [1.82, 2.24) is 4.90 Å². The highest BCUT2D eigenvalue weighted by atomic mass is 32.1. The van der Waals surface area contributed by atoms with Crippen LogP contribution in [0.1, 0.15) is 39.5 Å². The normalized spacial score (nSPS) is 30.3. The van der Waals surface area contributed by atoms with E-state index in [-0.39, 0.29) is 23.3 Å². The molecule has 2 rings (SSSR count). The molecule has 2 unspecified atom stereocenters. The minimum atomic E-state index is -0.0809. The second-order valence-electron chi connectivity index (χ2n) is 5.96. The quantitative estimate of drug-likeness (QED) is 0.802. The third kappa shape index (κ3) is 2.92. The topological polar surface area (TPSA) is 55.6 Å². The zero-order valence-electron chi connectivity index (χ0n) is 11.9. The lowest BCUT2D eigenvalue weighted by Crippen LogP contribution is -2.49. The number of thiocarbonyl (C=S) groups is 1. The van der Waals surface area contributed by atoms with E-state index in [4.69, 9.17) is 22.7 Å². The maximum atomic E-state index is 12.5. The van der Waals surface area contributed by atoms with E-state index in [0.29, 0.717) is 11.6 Å². The number of carbonyl (C=O) groups is 1. The van der Waals surface area contributed by atoms with Gasteiger partial charge in [-0.1, -0.05) is 26.1 Å². The smallest absolute Gasteiger partial charge is 0.228 e. The van der Waals surface area contributed by atoms with Gasteiger partial charge in [-0.15, -0.1) is 0 Å². The molecule has 1 amide bonds. The van der Waals surface area contributed by atoms with Gasteiger partial charge in [-0.2, -0.15) is 0 Å². The zero-order valence-corrected chi connectivity index (χ0v) is 12.7. The molecular formula is C14H24N2O2S. The average molecular weight is 284 g/mol. The van der Waals surface area contributed by atoms with Crippen molar-refractivity contribution in [3.8, 4) is 0 Å². The lowest BCUT2D eigenvalue weighted by atomic mass is 9.80. The van der Waals surface area contributed by atoms with Crippen molar-refractivity contribution in [3.05, 3.63) is 0 Å². The summed E-state index contributed by atoms with van der Waals surface area (Å²) >= 11 is 5.13. The molecule has 0 radical (unpaired) electrons. The van der Waals surface area contributed by atoms with Gasteiger partial charge in [0.05, 0.1) is 17.0 Å². The first-order valence-electron chi connectivity index (χ1n) is 7.18. The molecule has 2 atom stereocenters. The van der Waals surface area contributed by atoms with E-state index in [0.717, 1.165) is 38.8 Å². The van der Waals surface area contributed by atoms with Crippen LogP contribution >= 0.6 is 12.2 Å². The van der Waals surface area contributed by atoms with Gasteiger partial charge in [0.25, 0.3) is 0 Å². The summed E-state index contributed by atoms with van der Waals surface area (Å²) in [6.07, 6.45) is 3.63. The Balaban J connectivity index is 1.94. The number of amides is 1. The second-order valence-corrected chi connectivity index (χ2v) is 6.40. The van der Waals surface area contributed by atoms with Crippen molar-refractivity contribution < 1.29 is 9.53 Å². The number of likely N-dealkylation sites (tertiary alicyclic amines) is 1. The van der Waals surface area contributed by atoms with Crippen LogP contribution in [0.5, 0.6) is 0 Å². The Bertz CT molecular complexity index is 364. The third-order valence-corrected chi connectivity index (χ3v) is 5.20. The Morgan fingerprint density at radius 2 is 2.11 bits per heavy atom. The fourth-order valence-electron chi connectivity index (χ4n) is 3.03. The van der Waals surface area contributed by atoms with E-state index in [9.17, 15) is 4.79 Å². The summed E-state index contributed by atoms with van der Waals surface area (Å²) in [5.74, 6) is 0.313. The third-order valence-electron chi connectivity index (χ3n) is 4.70. The van der Waals surface area contributed by atoms with Gasteiger partial charge >= 0.3 is 0 Å². The van der Waals surface area contributed by atoms with E-state index in [1.54, 1.807) is 0 Å². The van der Waals surface area contributed by atoms with Crippen molar-refractivity contribution in [1.29, 1.82) is 0 Å². The zero-order chi connectivity index (χ0) is 14.0. The van der Waals surface area contributed by atoms with Gasteiger partial charge < -0.3 is 15.4 Å². The Morgan fingerprint density at radius 1 is 1.47 bits per heavy atom. The molecule has 0 bridgehead atoms. The Morgan fingerprint density at radius 3 is 2.63 bits per heavy atom. The largest absolute Gasteiger partial charge is 0.393 e. The first kappa shape index (κ1) is 14.7. The van der Waals surface area contributed by atoms with Gasteiger partial charge in [-0.05, 0) is 25.7 Å². The van der Waals surface area contributed by atoms with Crippen LogP contribution in [0, 0.1) is 11.3 Å². The summed E-state index contributed by atoms with van der Waals surface area (Å²) in [4.78, 5) is 15.1. The van der Waals surface area contributed by atoms with Crippen molar-refractivity contribution in [2.45, 2.75) is 45.6 Å². The van der Waals surface area contributed by atoms with Gasteiger partial charge in [0.2, 0.25) is 5.91 Å². The molecule has 2 heterocycles. The summed E-state index contributed by atoms with van der Waals surface area (Å²) < 4.78 is 5.62. The number of nitrogens with zero attached hydrogens (tertiary/aromatic N) is 1. The van der Waals surface area contributed by atoms with Gasteiger partial charge in [-0.3, -0.25) is 4.79 Å². The first-order chi connectivity index (χ1) is 8.98. The Kier molecular flexibility index (Phi) is 4.46. The van der Waals surface area contributed by atoms with Crippen LogP contribution in [0.25, 0.3) is 0 Å². The molecule has 2 aliphatic rings. The van der Waals surface area contributed by atoms with E-state index in [1.165, 1.54) is 0 Å². The predicted octanol–water partition coefficient (Wildman–Crippen LogP) is 1.72. The van der Waals surface area contributed by atoms with E-state index >= 15 is 0 Å². The molecule has 0 aromatic rings. The van der Waals surface area contributed by atoms with Crippen LogP contribution in [-0.4, -0.2) is 41.6 Å². The molecule has 0 aliphatic carbocycles. The van der Waals surface area contributed by atoms with Gasteiger partial charge in [0.1, 0.15) is 0 Å². The number of nitrogens with two attached hydrogens (primary N) is 1. The SMILES string of the molecule is CCC1OCCC1C(=O)N1CCC(C)(C(N)=S)CC1. The van der Waals surface area contributed by atoms with Crippen LogP contribution in [0.15, 0.2) is 0 Å². The van der Waals surface area contributed by atoms with Gasteiger partial charge in [-0.25, -0.2) is 0 Å². The van der Waals surface area contributed by atoms with Crippen LogP contribution in [-0.2, 0) is 9.53 Å². The molecule has 19 heavy (non-hydrogen) atoms. The lowest BCUT2D eigenvalue weighted by Gasteiger charge is -2.39. The van der Waals surface area contributed by atoms with Crippen molar-refractivity contribution in [3.63, 3.8) is 0 Å². The Labute approximate surface area is 120 Å². The number of rotatable bonds is 3. The summed E-state index contributed by atoms with van der Waals surface area (Å²) in [5.41, 5.74) is 5.72. The van der Waals surface area contributed by atoms with Gasteiger partial charge in [0, 0.05) is 25.1 Å². The fraction of sp³-hybridized carbons (Fsp3) is 0.857. The van der Waals surface area contributed by atoms with Crippen molar-refractivity contribution in [2.75, 3.05) is 19.7 Å². The van der Waals surface area contributed by atoms with Gasteiger partial charge in [0.15, 0.2) is 0 Å². The van der Waals surface area contributed by atoms with Crippen LogP contribution in [0.4, 0.5) is 0 Å². The number of carbonyl (C=O) groups excluding carboxylic acids is 1. The first-order valence-corrected chi connectivity index (χ1v) is 7.59. The molecule has 0 aromatic heterocycles. The molecule has 5 heteroatoms. The molecule has 2 aliphatic heterocycles. The monoisotopic (exact) mass is 284 g/mol. The molecule has 2 N–H and O–H groups in total. The number of hydrogen-bond acceptors (Lipinski definition) is 3. The van der Waals surface area contributed by atoms with Crippen LogP contribution in [0.3, 0.4) is 0 Å². The number of hydrogen-bond donors (Lipinski definition) is 1. The van der Waals surface area contributed by atoms with E-state index < -0.39 is 0 Å². The van der Waals surface area contributed by atoms with Crippen LogP contribution in [0.2, 0.25) is 0 Å². The summed E-state index contributed by atoms with van der Waals surface area (Å²) in [6.45, 7) is 6.42. The van der Waals surface area contributed by atoms with Crippen LogP contribution < -0.4 is 5.73 Å². The minimum absolute atomic E-state index is 0.0548. The maximum absolute atomic E-state index is 12.5. The number of ether oxygens (including phenoxy) is 1. The molecule has 2 fully saturated rings. The minimum Gasteiger partial charge on any atom is -0.393 e. The average Bonchev–Trinajstić information content (AvgIpc) is 2.87. The Hall–Kier alpha value is -0.680. The summed E-state index contributed by atoms with van der Waals surface area (Å²) in [6, 6.07) is 0. The second kappa shape index (κ2) is 5.75. The van der Waals surface area contributed by atoms with E-state index in [1.807, 2.05) is 4.90 Å². The summed E-state index contributed by atoms with van der Waals surface area (Å²) in [7, 11) is 0. The molecule has 4 nitrogen and oxygen atoms in total. The number of piperidine rings is 1. The highest BCUT2D eigenvalue weighted by molar-refractivity contribution is 7.80. The maximum Gasteiger partial charge on any atom is 0.228 e. The van der Waals surface area contributed by atoms with Crippen molar-refractivity contribution in [2.24, 2.45) is 17.1 Å². The molecule has 0 spiro atoms.